The van der Waals surface area contributed by atoms with Crippen LogP contribution in [0.15, 0.2) is 0 Å². The van der Waals surface area contributed by atoms with Gasteiger partial charge in [0.2, 0.25) is 15.9 Å². The lowest BCUT2D eigenvalue weighted by Crippen LogP contribution is -2.51. The molecular formula is C11H22N4O4S. The van der Waals surface area contributed by atoms with Crippen molar-refractivity contribution in [2.75, 3.05) is 32.9 Å². The molecule has 0 saturated carbocycles. The van der Waals surface area contributed by atoms with Gasteiger partial charge in [-0.2, -0.15) is 0 Å². The number of carbonyl (C=O) groups excluding carboxylic acids is 2. The summed E-state index contributed by atoms with van der Waals surface area (Å²) in [7, 11) is -1.81. The van der Waals surface area contributed by atoms with Crippen LogP contribution in [0.3, 0.4) is 0 Å². The molecule has 1 heterocycles. The lowest BCUT2D eigenvalue weighted by Gasteiger charge is -2.35. The zero-order chi connectivity index (χ0) is 15.2. The average Bonchev–Trinajstić information content (AvgIpc) is 2.36. The van der Waals surface area contributed by atoms with Gasteiger partial charge in [-0.15, -0.1) is 0 Å². The molecule has 3 N–H and O–H groups in total. The standard InChI is InChI=1S/C11H22N4O4S/c1-12-11(17)14-10(16)8-15-6-4-3-5-9(15)7-13-20(2,18)19/h9,13H,3-8H2,1-2H3,(H2,12,14,16,17). The molecule has 20 heavy (non-hydrogen) atoms. The normalized spacial score (nSPS) is 20.4. The van der Waals surface area contributed by atoms with Crippen molar-refractivity contribution in [3.63, 3.8) is 0 Å². The van der Waals surface area contributed by atoms with E-state index in [0.717, 1.165) is 32.1 Å². The number of sulfonamides is 1. The third-order valence-corrected chi connectivity index (χ3v) is 3.85. The molecule has 1 fully saturated rings. The van der Waals surface area contributed by atoms with Gasteiger partial charge in [0.15, 0.2) is 0 Å². The maximum absolute atomic E-state index is 11.7. The van der Waals surface area contributed by atoms with Gasteiger partial charge < -0.3 is 5.32 Å². The van der Waals surface area contributed by atoms with Gasteiger partial charge in [-0.3, -0.25) is 15.0 Å². The molecule has 0 aromatic heterocycles. The average molecular weight is 306 g/mol. The zero-order valence-corrected chi connectivity index (χ0v) is 12.6. The number of carbonyl (C=O) groups is 2. The van der Waals surface area contributed by atoms with Crippen molar-refractivity contribution >= 4 is 22.0 Å². The Bertz CT molecular complexity index is 451. The van der Waals surface area contributed by atoms with Crippen molar-refractivity contribution in [3.05, 3.63) is 0 Å². The predicted octanol–water partition coefficient (Wildman–Crippen LogP) is -1.15. The van der Waals surface area contributed by atoms with Gasteiger partial charge in [-0.05, 0) is 19.4 Å². The van der Waals surface area contributed by atoms with Crippen LogP contribution in [0.4, 0.5) is 4.79 Å². The molecule has 1 atom stereocenters. The largest absolute Gasteiger partial charge is 0.341 e. The van der Waals surface area contributed by atoms with E-state index in [9.17, 15) is 18.0 Å². The summed E-state index contributed by atoms with van der Waals surface area (Å²) in [6, 6.07) is -0.563. The van der Waals surface area contributed by atoms with Crippen LogP contribution < -0.4 is 15.4 Å². The Morgan fingerprint density at radius 3 is 2.60 bits per heavy atom. The highest BCUT2D eigenvalue weighted by Crippen LogP contribution is 2.16. The van der Waals surface area contributed by atoms with Crippen molar-refractivity contribution in [1.29, 1.82) is 0 Å². The van der Waals surface area contributed by atoms with Gasteiger partial charge in [0.1, 0.15) is 0 Å². The Labute approximate surface area is 119 Å². The molecule has 0 aliphatic carbocycles. The Morgan fingerprint density at radius 2 is 2.00 bits per heavy atom. The Morgan fingerprint density at radius 1 is 1.30 bits per heavy atom. The number of urea groups is 1. The summed E-state index contributed by atoms with van der Waals surface area (Å²) in [5, 5.41) is 4.51. The van der Waals surface area contributed by atoms with Crippen LogP contribution in [-0.2, 0) is 14.8 Å². The van der Waals surface area contributed by atoms with Gasteiger partial charge in [0.25, 0.3) is 0 Å². The number of amides is 3. The quantitative estimate of drug-likeness (QED) is 0.594. The first kappa shape index (κ1) is 16.9. The number of imide groups is 1. The maximum Gasteiger partial charge on any atom is 0.321 e. The molecule has 0 aromatic carbocycles. The van der Waals surface area contributed by atoms with Crippen LogP contribution in [0.1, 0.15) is 19.3 Å². The van der Waals surface area contributed by atoms with Crippen molar-refractivity contribution in [2.45, 2.75) is 25.3 Å². The van der Waals surface area contributed by atoms with Crippen molar-refractivity contribution in [1.82, 2.24) is 20.3 Å². The van der Waals surface area contributed by atoms with E-state index in [2.05, 4.69) is 15.4 Å². The molecule has 1 aliphatic heterocycles. The van der Waals surface area contributed by atoms with Crippen LogP contribution >= 0.6 is 0 Å². The zero-order valence-electron chi connectivity index (χ0n) is 11.8. The molecule has 8 nitrogen and oxygen atoms in total. The number of hydrogen-bond acceptors (Lipinski definition) is 5. The third kappa shape index (κ3) is 6.31. The maximum atomic E-state index is 11.7. The van der Waals surface area contributed by atoms with Gasteiger partial charge in [-0.1, -0.05) is 6.42 Å². The van der Waals surface area contributed by atoms with E-state index in [1.165, 1.54) is 7.05 Å². The van der Waals surface area contributed by atoms with Crippen LogP contribution in [0.25, 0.3) is 0 Å². The van der Waals surface area contributed by atoms with Gasteiger partial charge >= 0.3 is 6.03 Å². The molecule has 1 saturated heterocycles. The Kier molecular flexibility index (Phi) is 6.37. The summed E-state index contributed by atoms with van der Waals surface area (Å²) in [6.07, 6.45) is 3.90. The van der Waals surface area contributed by atoms with E-state index < -0.39 is 22.0 Å². The molecule has 0 radical (unpaired) electrons. The van der Waals surface area contributed by atoms with Gasteiger partial charge in [0, 0.05) is 19.6 Å². The van der Waals surface area contributed by atoms with E-state index in [0.29, 0.717) is 0 Å². The fourth-order valence-corrected chi connectivity index (χ4v) is 2.66. The van der Waals surface area contributed by atoms with Gasteiger partial charge in [-0.25, -0.2) is 17.9 Å². The third-order valence-electron chi connectivity index (χ3n) is 3.16. The lowest BCUT2D eigenvalue weighted by molar-refractivity contribution is -0.122. The van der Waals surface area contributed by atoms with E-state index in [1.54, 1.807) is 0 Å². The molecule has 0 bridgehead atoms. The van der Waals surface area contributed by atoms with Crippen molar-refractivity contribution < 1.29 is 18.0 Å². The van der Waals surface area contributed by atoms with E-state index in [-0.39, 0.29) is 19.1 Å². The smallest absolute Gasteiger partial charge is 0.321 e. The monoisotopic (exact) mass is 306 g/mol. The Hall–Kier alpha value is -1.19. The van der Waals surface area contributed by atoms with E-state index in [1.807, 2.05) is 4.90 Å². The minimum Gasteiger partial charge on any atom is -0.341 e. The van der Waals surface area contributed by atoms with Crippen LogP contribution in [0, 0.1) is 0 Å². The van der Waals surface area contributed by atoms with E-state index in [4.69, 9.17) is 0 Å². The number of hydrogen-bond donors (Lipinski definition) is 3. The highest BCUT2D eigenvalue weighted by Gasteiger charge is 2.25. The van der Waals surface area contributed by atoms with Crippen LogP contribution in [0.5, 0.6) is 0 Å². The number of nitrogens with zero attached hydrogens (tertiary/aromatic N) is 1. The second-order valence-electron chi connectivity index (χ2n) is 4.87. The topological polar surface area (TPSA) is 108 Å². The molecule has 0 spiro atoms. The minimum atomic E-state index is -3.24. The molecule has 1 rings (SSSR count). The summed E-state index contributed by atoms with van der Waals surface area (Å²) < 4.78 is 24.7. The molecular weight excluding hydrogens is 284 g/mol. The van der Waals surface area contributed by atoms with Crippen molar-refractivity contribution in [3.8, 4) is 0 Å². The number of likely N-dealkylation sites (tertiary alicyclic amines) is 1. The first-order valence-electron chi connectivity index (χ1n) is 6.52. The lowest BCUT2D eigenvalue weighted by atomic mass is 10.0. The predicted molar refractivity (Wildman–Crippen MR) is 74.7 cm³/mol. The summed E-state index contributed by atoms with van der Waals surface area (Å²) in [4.78, 5) is 24.6. The Balaban J connectivity index is 2.51. The number of piperidine rings is 1. The summed E-state index contributed by atoms with van der Waals surface area (Å²) in [5.41, 5.74) is 0. The molecule has 0 aromatic rings. The number of rotatable bonds is 5. The first-order valence-corrected chi connectivity index (χ1v) is 8.41. The molecule has 116 valence electrons. The fourth-order valence-electron chi connectivity index (χ4n) is 2.16. The highest BCUT2D eigenvalue weighted by molar-refractivity contribution is 7.88. The SMILES string of the molecule is CNC(=O)NC(=O)CN1CCCCC1CNS(C)(=O)=O. The second kappa shape index (κ2) is 7.55. The second-order valence-corrected chi connectivity index (χ2v) is 6.70. The minimum absolute atomic E-state index is 0.0195. The number of nitrogens with one attached hydrogen (secondary N) is 3. The molecule has 9 heteroatoms. The highest BCUT2D eigenvalue weighted by atomic mass is 32.2. The molecule has 1 aliphatic rings. The first-order chi connectivity index (χ1) is 9.31. The summed E-state index contributed by atoms with van der Waals surface area (Å²) in [5.74, 6) is -0.393. The van der Waals surface area contributed by atoms with E-state index >= 15 is 0 Å². The van der Waals surface area contributed by atoms with Crippen LogP contribution in [0.2, 0.25) is 0 Å². The summed E-state index contributed by atoms with van der Waals surface area (Å²) in [6.45, 7) is 1.09. The summed E-state index contributed by atoms with van der Waals surface area (Å²) >= 11 is 0. The molecule has 1 unspecified atom stereocenters. The van der Waals surface area contributed by atoms with Gasteiger partial charge in [0.05, 0.1) is 12.8 Å². The van der Waals surface area contributed by atoms with Crippen LogP contribution in [-0.4, -0.2) is 64.2 Å². The molecule has 3 amide bonds. The fraction of sp³-hybridized carbons (Fsp3) is 0.818. The van der Waals surface area contributed by atoms with Crippen molar-refractivity contribution in [2.24, 2.45) is 0 Å².